The highest BCUT2D eigenvalue weighted by Crippen LogP contribution is 2.10. The second kappa shape index (κ2) is 6.00. The second-order valence-corrected chi connectivity index (χ2v) is 4.93. The summed E-state index contributed by atoms with van der Waals surface area (Å²) in [5.74, 6) is 1.33. The molecule has 1 amide bonds. The lowest BCUT2D eigenvalue weighted by Crippen LogP contribution is -2.46. The Morgan fingerprint density at radius 3 is 3.11 bits per heavy atom. The van der Waals surface area contributed by atoms with Gasteiger partial charge in [0.05, 0.1) is 6.54 Å². The third-order valence-electron chi connectivity index (χ3n) is 3.44. The van der Waals surface area contributed by atoms with Gasteiger partial charge in [0.1, 0.15) is 5.82 Å². The van der Waals surface area contributed by atoms with E-state index >= 15 is 0 Å². The molecule has 1 aromatic rings. The van der Waals surface area contributed by atoms with Crippen molar-refractivity contribution in [1.29, 1.82) is 0 Å². The molecule has 1 aliphatic heterocycles. The molecule has 1 atom stereocenters. The standard InChI is InChI=1S/C13H22N4O/c1-3-7-17-8-6-14-12(17)9-15-11-4-5-13(18)16(2)10-11/h6,8,11,15H,3-5,7,9-10H2,1-2H3. The highest BCUT2D eigenvalue weighted by Gasteiger charge is 2.22. The van der Waals surface area contributed by atoms with E-state index in [0.717, 1.165) is 38.3 Å². The molecule has 1 aromatic heterocycles. The number of nitrogens with zero attached hydrogens (tertiary/aromatic N) is 3. The maximum absolute atomic E-state index is 11.4. The first kappa shape index (κ1) is 13.1. The summed E-state index contributed by atoms with van der Waals surface area (Å²) in [6.45, 7) is 4.76. The molecule has 0 aliphatic carbocycles. The molecule has 100 valence electrons. The molecule has 5 nitrogen and oxygen atoms in total. The zero-order valence-corrected chi connectivity index (χ0v) is 11.2. The van der Waals surface area contributed by atoms with E-state index in [0.29, 0.717) is 12.5 Å². The van der Waals surface area contributed by atoms with Gasteiger partial charge >= 0.3 is 0 Å². The number of rotatable bonds is 5. The SMILES string of the molecule is CCCn1ccnc1CNC1CCC(=O)N(C)C1. The van der Waals surface area contributed by atoms with Gasteiger partial charge in [-0.25, -0.2) is 4.98 Å². The van der Waals surface area contributed by atoms with Crippen LogP contribution in [0.2, 0.25) is 0 Å². The summed E-state index contributed by atoms with van der Waals surface area (Å²) in [6, 6.07) is 0.388. The van der Waals surface area contributed by atoms with Crippen molar-refractivity contribution < 1.29 is 4.79 Å². The largest absolute Gasteiger partial charge is 0.344 e. The number of carbonyl (C=O) groups excluding carboxylic acids is 1. The maximum atomic E-state index is 11.4. The Balaban J connectivity index is 1.84. The van der Waals surface area contributed by atoms with Crippen LogP contribution in [0, 0.1) is 0 Å². The average Bonchev–Trinajstić information content (AvgIpc) is 2.79. The molecule has 5 heteroatoms. The normalized spacial score (nSPS) is 20.4. The summed E-state index contributed by atoms with van der Waals surface area (Å²) >= 11 is 0. The van der Waals surface area contributed by atoms with Crippen molar-refractivity contribution in [3.63, 3.8) is 0 Å². The van der Waals surface area contributed by atoms with Crippen LogP contribution < -0.4 is 5.32 Å². The fourth-order valence-electron chi connectivity index (χ4n) is 2.37. The molecular formula is C13H22N4O. The van der Waals surface area contributed by atoms with E-state index in [1.165, 1.54) is 0 Å². The van der Waals surface area contributed by atoms with Crippen LogP contribution in [0.4, 0.5) is 0 Å². The van der Waals surface area contributed by atoms with Gasteiger partial charge in [0.2, 0.25) is 5.91 Å². The molecule has 0 bridgehead atoms. The molecule has 1 N–H and O–H groups in total. The van der Waals surface area contributed by atoms with E-state index in [4.69, 9.17) is 0 Å². The minimum Gasteiger partial charge on any atom is -0.344 e. The molecule has 0 saturated carbocycles. The van der Waals surface area contributed by atoms with Crippen LogP contribution in [0.5, 0.6) is 0 Å². The Labute approximate surface area is 108 Å². The Morgan fingerprint density at radius 2 is 2.39 bits per heavy atom. The Morgan fingerprint density at radius 1 is 1.56 bits per heavy atom. The third kappa shape index (κ3) is 3.10. The summed E-state index contributed by atoms with van der Waals surface area (Å²) in [6.07, 6.45) is 6.57. The highest BCUT2D eigenvalue weighted by atomic mass is 16.2. The van der Waals surface area contributed by atoms with Gasteiger partial charge in [-0.05, 0) is 12.8 Å². The van der Waals surface area contributed by atoms with Crippen LogP contribution in [0.15, 0.2) is 12.4 Å². The van der Waals surface area contributed by atoms with Crippen LogP contribution in [0.25, 0.3) is 0 Å². The number of likely N-dealkylation sites (N-methyl/N-ethyl adjacent to an activating group) is 1. The molecular weight excluding hydrogens is 228 g/mol. The zero-order chi connectivity index (χ0) is 13.0. The fourth-order valence-corrected chi connectivity index (χ4v) is 2.37. The van der Waals surface area contributed by atoms with Crippen molar-refractivity contribution in [3.05, 3.63) is 18.2 Å². The van der Waals surface area contributed by atoms with Gasteiger partial charge in [0.25, 0.3) is 0 Å². The number of imidazole rings is 1. The first-order chi connectivity index (χ1) is 8.70. The summed E-state index contributed by atoms with van der Waals surface area (Å²) in [5.41, 5.74) is 0. The summed E-state index contributed by atoms with van der Waals surface area (Å²) in [7, 11) is 1.87. The first-order valence-corrected chi connectivity index (χ1v) is 6.68. The van der Waals surface area contributed by atoms with E-state index in [9.17, 15) is 4.79 Å². The smallest absolute Gasteiger partial charge is 0.222 e. The Bertz CT molecular complexity index is 401. The maximum Gasteiger partial charge on any atom is 0.222 e. The number of aryl methyl sites for hydroxylation is 1. The molecule has 0 radical (unpaired) electrons. The van der Waals surface area contributed by atoms with E-state index in [2.05, 4.69) is 21.8 Å². The Hall–Kier alpha value is -1.36. The van der Waals surface area contributed by atoms with Crippen molar-refractivity contribution >= 4 is 5.91 Å². The monoisotopic (exact) mass is 250 g/mol. The van der Waals surface area contributed by atoms with E-state index in [1.54, 1.807) is 4.90 Å². The number of aromatic nitrogens is 2. The number of carbonyl (C=O) groups is 1. The van der Waals surface area contributed by atoms with Gasteiger partial charge in [-0.1, -0.05) is 6.92 Å². The van der Waals surface area contributed by atoms with Crippen molar-refractivity contribution in [2.75, 3.05) is 13.6 Å². The number of piperidine rings is 1. The van der Waals surface area contributed by atoms with Crippen molar-refractivity contribution in [1.82, 2.24) is 19.8 Å². The number of nitrogens with one attached hydrogen (secondary N) is 1. The number of hydrogen-bond acceptors (Lipinski definition) is 3. The van der Waals surface area contributed by atoms with Crippen molar-refractivity contribution in [2.24, 2.45) is 0 Å². The zero-order valence-electron chi connectivity index (χ0n) is 11.2. The van der Waals surface area contributed by atoms with Crippen LogP contribution >= 0.6 is 0 Å². The Kier molecular flexibility index (Phi) is 4.36. The van der Waals surface area contributed by atoms with Gasteiger partial charge in [0, 0.05) is 45.0 Å². The molecule has 2 heterocycles. The number of hydrogen-bond donors (Lipinski definition) is 1. The topological polar surface area (TPSA) is 50.2 Å². The first-order valence-electron chi connectivity index (χ1n) is 6.68. The summed E-state index contributed by atoms with van der Waals surface area (Å²) in [5, 5.41) is 3.50. The lowest BCUT2D eigenvalue weighted by atomic mass is 10.1. The predicted octanol–water partition coefficient (Wildman–Crippen LogP) is 1.00. The molecule has 0 spiro atoms. The summed E-state index contributed by atoms with van der Waals surface area (Å²) in [4.78, 5) is 17.6. The van der Waals surface area contributed by atoms with Crippen molar-refractivity contribution in [3.8, 4) is 0 Å². The van der Waals surface area contributed by atoms with Gasteiger partial charge in [-0.15, -0.1) is 0 Å². The summed E-state index contributed by atoms with van der Waals surface area (Å²) < 4.78 is 2.19. The van der Waals surface area contributed by atoms with E-state index in [1.807, 2.05) is 19.4 Å². The van der Waals surface area contributed by atoms with Gasteiger partial charge < -0.3 is 14.8 Å². The number of likely N-dealkylation sites (tertiary alicyclic amines) is 1. The lowest BCUT2D eigenvalue weighted by molar-refractivity contribution is -0.132. The molecule has 18 heavy (non-hydrogen) atoms. The van der Waals surface area contributed by atoms with Crippen LogP contribution in [0.1, 0.15) is 32.0 Å². The minimum absolute atomic E-state index is 0.250. The predicted molar refractivity (Wildman–Crippen MR) is 70.0 cm³/mol. The highest BCUT2D eigenvalue weighted by molar-refractivity contribution is 5.76. The van der Waals surface area contributed by atoms with Gasteiger partial charge in [-0.3, -0.25) is 4.79 Å². The molecule has 1 fully saturated rings. The molecule has 0 aromatic carbocycles. The number of amides is 1. The second-order valence-electron chi connectivity index (χ2n) is 4.93. The third-order valence-corrected chi connectivity index (χ3v) is 3.44. The lowest BCUT2D eigenvalue weighted by Gasteiger charge is -2.30. The van der Waals surface area contributed by atoms with Gasteiger partial charge in [-0.2, -0.15) is 0 Å². The fraction of sp³-hybridized carbons (Fsp3) is 0.692. The van der Waals surface area contributed by atoms with Crippen LogP contribution in [0.3, 0.4) is 0 Å². The van der Waals surface area contributed by atoms with E-state index < -0.39 is 0 Å². The molecule has 2 rings (SSSR count). The quantitative estimate of drug-likeness (QED) is 0.848. The van der Waals surface area contributed by atoms with Crippen LogP contribution in [-0.4, -0.2) is 40.0 Å². The van der Waals surface area contributed by atoms with Gasteiger partial charge in [0.15, 0.2) is 0 Å². The molecule has 1 saturated heterocycles. The average molecular weight is 250 g/mol. The van der Waals surface area contributed by atoms with E-state index in [-0.39, 0.29) is 5.91 Å². The van der Waals surface area contributed by atoms with Crippen molar-refractivity contribution in [2.45, 2.75) is 45.3 Å². The molecule has 1 aliphatic rings. The minimum atomic E-state index is 0.250. The van der Waals surface area contributed by atoms with Crippen LogP contribution in [-0.2, 0) is 17.9 Å². The molecule has 1 unspecified atom stereocenters.